The molecule has 0 saturated heterocycles. The van der Waals surface area contributed by atoms with Gasteiger partial charge in [-0.05, 0) is 55.2 Å². The molecule has 1 fully saturated rings. The van der Waals surface area contributed by atoms with Gasteiger partial charge in [0, 0.05) is 0 Å². The molecule has 0 heterocycles. The third-order valence-electron chi connectivity index (χ3n) is 4.98. The van der Waals surface area contributed by atoms with E-state index in [2.05, 4.69) is 6.92 Å². The Morgan fingerprint density at radius 2 is 1.62 bits per heavy atom. The second-order valence-electron chi connectivity index (χ2n) is 6.59. The molecule has 0 nitrogen and oxygen atoms in total. The SMILES string of the molecule is CCCCCCCC1CCC(c2ccc(F)c(F)c2)CC1. The molecular weight excluding hydrogens is 266 g/mol. The van der Waals surface area contributed by atoms with E-state index in [-0.39, 0.29) is 0 Å². The van der Waals surface area contributed by atoms with Gasteiger partial charge in [-0.25, -0.2) is 8.78 Å². The maximum atomic E-state index is 13.3. The van der Waals surface area contributed by atoms with Gasteiger partial charge >= 0.3 is 0 Å². The van der Waals surface area contributed by atoms with Gasteiger partial charge in [0.25, 0.3) is 0 Å². The molecule has 2 heteroatoms. The van der Waals surface area contributed by atoms with Crippen LogP contribution in [0.15, 0.2) is 18.2 Å². The minimum atomic E-state index is -0.737. The number of halogens is 2. The third kappa shape index (κ3) is 5.09. The van der Waals surface area contributed by atoms with Gasteiger partial charge in [-0.15, -0.1) is 0 Å². The first-order valence-corrected chi connectivity index (χ1v) is 8.65. The van der Waals surface area contributed by atoms with Gasteiger partial charge in [0.15, 0.2) is 11.6 Å². The third-order valence-corrected chi connectivity index (χ3v) is 4.98. The fraction of sp³-hybridized carbons (Fsp3) is 0.684. The predicted molar refractivity (Wildman–Crippen MR) is 84.4 cm³/mol. The van der Waals surface area contributed by atoms with Crippen LogP contribution in [0.25, 0.3) is 0 Å². The molecule has 118 valence electrons. The smallest absolute Gasteiger partial charge is 0.159 e. The van der Waals surface area contributed by atoms with Crippen LogP contribution in [0.4, 0.5) is 8.78 Å². The molecular formula is C19H28F2. The van der Waals surface area contributed by atoms with Gasteiger partial charge in [0.1, 0.15) is 0 Å². The summed E-state index contributed by atoms with van der Waals surface area (Å²) in [5, 5.41) is 0. The molecule has 1 aromatic rings. The van der Waals surface area contributed by atoms with Gasteiger partial charge in [-0.1, -0.05) is 51.5 Å². The lowest BCUT2D eigenvalue weighted by Gasteiger charge is -2.29. The summed E-state index contributed by atoms with van der Waals surface area (Å²) in [6, 6.07) is 4.42. The summed E-state index contributed by atoms with van der Waals surface area (Å²) >= 11 is 0. The summed E-state index contributed by atoms with van der Waals surface area (Å²) < 4.78 is 26.3. The summed E-state index contributed by atoms with van der Waals surface area (Å²) in [5.74, 6) is -0.158. The van der Waals surface area contributed by atoms with E-state index in [9.17, 15) is 8.78 Å². The van der Waals surface area contributed by atoms with Crippen LogP contribution in [0.1, 0.15) is 82.6 Å². The van der Waals surface area contributed by atoms with Gasteiger partial charge in [-0.2, -0.15) is 0 Å². The van der Waals surface area contributed by atoms with Crippen molar-refractivity contribution >= 4 is 0 Å². The van der Waals surface area contributed by atoms with E-state index in [0.29, 0.717) is 5.92 Å². The van der Waals surface area contributed by atoms with Crippen molar-refractivity contribution in [2.75, 3.05) is 0 Å². The molecule has 0 bridgehead atoms. The van der Waals surface area contributed by atoms with Crippen molar-refractivity contribution < 1.29 is 8.78 Å². The molecule has 1 saturated carbocycles. The summed E-state index contributed by atoms with van der Waals surface area (Å²) in [4.78, 5) is 0. The van der Waals surface area contributed by atoms with E-state index in [4.69, 9.17) is 0 Å². The lowest BCUT2D eigenvalue weighted by Crippen LogP contribution is -2.13. The lowest BCUT2D eigenvalue weighted by atomic mass is 9.77. The van der Waals surface area contributed by atoms with Gasteiger partial charge in [-0.3, -0.25) is 0 Å². The number of unbranched alkanes of at least 4 members (excludes halogenated alkanes) is 4. The molecule has 1 aliphatic rings. The van der Waals surface area contributed by atoms with Crippen LogP contribution in [0.3, 0.4) is 0 Å². The molecule has 0 N–H and O–H groups in total. The van der Waals surface area contributed by atoms with Crippen LogP contribution in [0, 0.1) is 17.6 Å². The van der Waals surface area contributed by atoms with Crippen molar-refractivity contribution in [2.24, 2.45) is 5.92 Å². The largest absolute Gasteiger partial charge is 0.204 e. The zero-order chi connectivity index (χ0) is 15.1. The maximum Gasteiger partial charge on any atom is 0.159 e. The van der Waals surface area contributed by atoms with E-state index < -0.39 is 11.6 Å². The fourth-order valence-corrected chi connectivity index (χ4v) is 3.59. The van der Waals surface area contributed by atoms with Crippen LogP contribution < -0.4 is 0 Å². The van der Waals surface area contributed by atoms with Crippen molar-refractivity contribution in [3.63, 3.8) is 0 Å². The van der Waals surface area contributed by atoms with Crippen LogP contribution in [0.5, 0.6) is 0 Å². The van der Waals surface area contributed by atoms with E-state index in [1.54, 1.807) is 6.07 Å². The lowest BCUT2D eigenvalue weighted by molar-refractivity contribution is 0.301. The number of rotatable bonds is 7. The Balaban J connectivity index is 1.71. The Kier molecular flexibility index (Phi) is 6.66. The Bertz CT molecular complexity index is 420. The standard InChI is InChI=1S/C19H28F2/c1-2-3-4-5-6-7-15-8-10-16(11-9-15)17-12-13-18(20)19(21)14-17/h12-16H,2-11H2,1H3. The molecule has 0 aliphatic heterocycles. The minimum Gasteiger partial charge on any atom is -0.204 e. The van der Waals surface area contributed by atoms with E-state index in [1.807, 2.05) is 0 Å². The number of hydrogen-bond acceptors (Lipinski definition) is 0. The second kappa shape index (κ2) is 8.51. The first-order valence-electron chi connectivity index (χ1n) is 8.65. The van der Waals surface area contributed by atoms with E-state index >= 15 is 0 Å². The minimum absolute atomic E-state index is 0.427. The maximum absolute atomic E-state index is 13.3. The summed E-state index contributed by atoms with van der Waals surface area (Å²) in [6.45, 7) is 2.25. The highest BCUT2D eigenvalue weighted by Gasteiger charge is 2.22. The highest BCUT2D eigenvalue weighted by atomic mass is 19.2. The quantitative estimate of drug-likeness (QED) is 0.497. The van der Waals surface area contributed by atoms with Crippen molar-refractivity contribution in [3.8, 4) is 0 Å². The topological polar surface area (TPSA) is 0 Å². The molecule has 1 aromatic carbocycles. The van der Waals surface area contributed by atoms with E-state index in [0.717, 1.165) is 24.3 Å². The second-order valence-corrected chi connectivity index (χ2v) is 6.59. The Hall–Kier alpha value is -0.920. The monoisotopic (exact) mass is 294 g/mol. The first-order chi connectivity index (χ1) is 10.2. The highest BCUT2D eigenvalue weighted by molar-refractivity contribution is 5.22. The number of hydrogen-bond donors (Lipinski definition) is 0. The van der Waals surface area contributed by atoms with Gasteiger partial charge < -0.3 is 0 Å². The zero-order valence-electron chi connectivity index (χ0n) is 13.2. The molecule has 0 spiro atoms. The van der Waals surface area contributed by atoms with Crippen molar-refractivity contribution in [1.82, 2.24) is 0 Å². The van der Waals surface area contributed by atoms with Crippen LogP contribution in [-0.4, -0.2) is 0 Å². The summed E-state index contributed by atoms with van der Waals surface area (Å²) in [6.07, 6.45) is 12.9. The molecule has 0 aromatic heterocycles. The van der Waals surface area contributed by atoms with Gasteiger partial charge in [0.05, 0.1) is 0 Å². The Labute approximate surface area is 128 Å². The Morgan fingerprint density at radius 1 is 0.905 bits per heavy atom. The van der Waals surface area contributed by atoms with Crippen molar-refractivity contribution in [2.45, 2.75) is 77.0 Å². The normalized spacial score (nSPS) is 22.4. The summed E-state index contributed by atoms with van der Waals surface area (Å²) in [7, 11) is 0. The molecule has 0 unspecified atom stereocenters. The predicted octanol–water partition coefficient (Wildman–Crippen LogP) is 6.60. The van der Waals surface area contributed by atoms with Crippen LogP contribution >= 0.6 is 0 Å². The fourth-order valence-electron chi connectivity index (χ4n) is 3.59. The van der Waals surface area contributed by atoms with Crippen LogP contribution in [-0.2, 0) is 0 Å². The van der Waals surface area contributed by atoms with Crippen LogP contribution in [0.2, 0.25) is 0 Å². The number of benzene rings is 1. The average Bonchev–Trinajstić information content (AvgIpc) is 2.50. The molecule has 1 aliphatic carbocycles. The Morgan fingerprint density at radius 3 is 2.29 bits per heavy atom. The summed E-state index contributed by atoms with van der Waals surface area (Å²) in [5.41, 5.74) is 0.982. The van der Waals surface area contributed by atoms with Crippen molar-refractivity contribution in [3.05, 3.63) is 35.4 Å². The molecule has 0 radical (unpaired) electrons. The van der Waals surface area contributed by atoms with Gasteiger partial charge in [0.2, 0.25) is 0 Å². The molecule has 2 rings (SSSR count). The van der Waals surface area contributed by atoms with E-state index in [1.165, 1.54) is 63.5 Å². The molecule has 0 atom stereocenters. The first kappa shape index (κ1) is 16.5. The zero-order valence-corrected chi connectivity index (χ0v) is 13.2. The van der Waals surface area contributed by atoms with Crippen molar-refractivity contribution in [1.29, 1.82) is 0 Å². The molecule has 0 amide bonds. The highest BCUT2D eigenvalue weighted by Crippen LogP contribution is 2.38. The average molecular weight is 294 g/mol. The molecule has 21 heavy (non-hydrogen) atoms.